The summed E-state index contributed by atoms with van der Waals surface area (Å²) in [6, 6.07) is 51.6. The van der Waals surface area contributed by atoms with Gasteiger partial charge in [0.1, 0.15) is 35.5 Å². The quantitative estimate of drug-likeness (QED) is 0.164. The molecule has 0 spiro atoms. The molecule has 4 aliphatic rings. The first-order valence-corrected chi connectivity index (χ1v) is 22.0. The maximum atomic E-state index is 9.39. The Morgan fingerprint density at radius 3 is 2.03 bits per heavy atom. The predicted octanol–water partition coefficient (Wildman–Crippen LogP) is 16.2. The lowest BCUT2D eigenvalue weighted by atomic mass is 9.82. The van der Waals surface area contributed by atoms with E-state index in [1.54, 1.807) is 42.5 Å². The van der Waals surface area contributed by atoms with Gasteiger partial charge in [-0.1, -0.05) is 106 Å². The van der Waals surface area contributed by atoms with Gasteiger partial charge in [-0.15, -0.1) is 0 Å². The summed E-state index contributed by atoms with van der Waals surface area (Å²) in [5.41, 5.74) is 9.57. The molecular formula is C60H48N4O2. The van der Waals surface area contributed by atoms with E-state index in [9.17, 15) is 2.74 Å². The Morgan fingerprint density at radius 2 is 1.24 bits per heavy atom. The van der Waals surface area contributed by atoms with E-state index in [0.717, 1.165) is 45.0 Å². The molecule has 320 valence electrons. The Balaban J connectivity index is 1.11. The first kappa shape index (κ1) is 30.9. The number of benzene rings is 8. The van der Waals surface area contributed by atoms with E-state index in [2.05, 4.69) is 97.3 Å². The minimum Gasteiger partial charge on any atom is -0.457 e. The van der Waals surface area contributed by atoms with Crippen molar-refractivity contribution in [1.82, 2.24) is 9.55 Å². The number of rotatable bonds is 1. The molecule has 6 heteroatoms. The van der Waals surface area contributed by atoms with Crippen molar-refractivity contribution >= 4 is 44.6 Å². The van der Waals surface area contributed by atoms with Crippen LogP contribution in [0.15, 0.2) is 188 Å². The molecule has 0 saturated carbocycles. The molecule has 0 atom stereocenters. The monoisotopic (exact) mass is 865 g/mol. The lowest BCUT2D eigenvalue weighted by Crippen LogP contribution is -2.25. The van der Waals surface area contributed by atoms with Gasteiger partial charge in [-0.05, 0) is 137 Å². The number of nitrogens with zero attached hydrogens (tertiary/aromatic N) is 4. The summed E-state index contributed by atoms with van der Waals surface area (Å²) in [5, 5.41) is 0.578. The summed E-state index contributed by atoms with van der Waals surface area (Å²) in [7, 11) is 0. The Hall–Kier alpha value is -8.09. The van der Waals surface area contributed by atoms with Crippen molar-refractivity contribution < 1.29 is 21.8 Å². The minimum absolute atomic E-state index is 0.000165. The molecule has 0 fully saturated rings. The molecule has 0 amide bonds. The topological polar surface area (TPSA) is 42.8 Å². The highest BCUT2D eigenvalue weighted by atomic mass is 16.5. The molecule has 4 aliphatic heterocycles. The van der Waals surface area contributed by atoms with Crippen LogP contribution in [-0.2, 0) is 5.41 Å². The lowest BCUT2D eigenvalue weighted by Gasteiger charge is -2.30. The zero-order valence-electron chi connectivity index (χ0n) is 45.5. The summed E-state index contributed by atoms with van der Waals surface area (Å²) in [5.74, 6) is 2.07. The van der Waals surface area contributed by atoms with Crippen molar-refractivity contribution in [1.29, 1.82) is 0 Å². The molecule has 10 aromatic rings. The van der Waals surface area contributed by atoms with Crippen molar-refractivity contribution in [3.63, 3.8) is 0 Å². The number of hydrogen-bond acceptors (Lipinski definition) is 5. The summed E-state index contributed by atoms with van der Waals surface area (Å²) >= 11 is 0. The fourth-order valence-corrected chi connectivity index (χ4v) is 9.34. The Morgan fingerprint density at radius 1 is 0.561 bits per heavy atom. The molecule has 0 aliphatic carbocycles. The normalized spacial score (nSPS) is 15.4. The molecule has 8 aromatic carbocycles. The molecular weight excluding hydrogens is 809 g/mol. The van der Waals surface area contributed by atoms with Gasteiger partial charge in [-0.25, -0.2) is 4.98 Å². The second kappa shape index (κ2) is 15.3. The number of aromatic nitrogens is 2. The van der Waals surface area contributed by atoms with Crippen LogP contribution in [0.4, 0.5) is 22.7 Å². The van der Waals surface area contributed by atoms with Gasteiger partial charge in [-0.2, -0.15) is 0 Å². The van der Waals surface area contributed by atoms with Crippen LogP contribution in [0, 0.1) is 13.7 Å². The third-order valence-electron chi connectivity index (χ3n) is 12.6. The molecule has 0 unspecified atom stereocenters. The second-order valence-electron chi connectivity index (χ2n) is 17.9. The number of fused-ring (bicyclic) bond motifs is 5. The van der Waals surface area contributed by atoms with Crippen LogP contribution in [0.1, 0.15) is 49.8 Å². The third-order valence-corrected chi connectivity index (χ3v) is 12.6. The Bertz CT molecular complexity index is 3940. The lowest BCUT2D eigenvalue weighted by molar-refractivity contribution is 0.483. The first-order valence-electron chi connectivity index (χ1n) is 26.5. The number of para-hydroxylation sites is 2. The molecule has 0 saturated heterocycles. The van der Waals surface area contributed by atoms with Gasteiger partial charge in [0, 0.05) is 59.7 Å². The zero-order chi connectivity index (χ0) is 52.3. The van der Waals surface area contributed by atoms with Crippen LogP contribution in [0.3, 0.4) is 0 Å². The molecule has 12 bridgehead atoms. The molecule has 6 heterocycles. The minimum atomic E-state index is -2.91. The van der Waals surface area contributed by atoms with Gasteiger partial charge in [-0.3, -0.25) is 4.57 Å². The van der Waals surface area contributed by atoms with Crippen LogP contribution in [0.2, 0.25) is 0 Å². The van der Waals surface area contributed by atoms with Crippen molar-refractivity contribution in [2.24, 2.45) is 0 Å². The average molecular weight is 866 g/mol. The predicted molar refractivity (Wildman–Crippen MR) is 272 cm³/mol. The second-order valence-corrected chi connectivity index (χ2v) is 17.9. The van der Waals surface area contributed by atoms with E-state index in [0.29, 0.717) is 51.7 Å². The average Bonchev–Trinajstić information content (AvgIpc) is 4.02. The van der Waals surface area contributed by atoms with Crippen LogP contribution >= 0.6 is 0 Å². The zero-order valence-corrected chi connectivity index (χ0v) is 36.5. The van der Waals surface area contributed by atoms with E-state index in [1.807, 2.05) is 48.5 Å². The van der Waals surface area contributed by atoms with Gasteiger partial charge >= 0.3 is 0 Å². The number of anilines is 4. The Kier molecular flexibility index (Phi) is 7.15. The number of pyridine rings is 1. The highest BCUT2D eigenvalue weighted by molar-refractivity contribution is 6.10. The summed E-state index contributed by atoms with van der Waals surface area (Å²) in [6.07, 6.45) is 1.46. The molecule has 66 heavy (non-hydrogen) atoms. The third kappa shape index (κ3) is 6.76. The van der Waals surface area contributed by atoms with Crippen molar-refractivity contribution in [3.05, 3.63) is 205 Å². The summed E-state index contributed by atoms with van der Waals surface area (Å²) < 4.78 is 93.6. The van der Waals surface area contributed by atoms with Crippen molar-refractivity contribution in [3.8, 4) is 62.2 Å². The van der Waals surface area contributed by atoms with E-state index in [1.165, 1.54) is 22.4 Å². The Labute approximate surface area is 398 Å². The van der Waals surface area contributed by atoms with E-state index >= 15 is 0 Å². The number of hydrogen-bond donors (Lipinski definition) is 0. The number of aryl methyl sites for hydroxylation is 1. The highest BCUT2D eigenvalue weighted by Crippen LogP contribution is 2.52. The maximum Gasteiger partial charge on any atom is 0.137 e. The fourth-order valence-electron chi connectivity index (χ4n) is 9.34. The van der Waals surface area contributed by atoms with Crippen LogP contribution in [0.25, 0.3) is 61.0 Å². The van der Waals surface area contributed by atoms with Crippen LogP contribution < -0.4 is 19.3 Å². The SMILES string of the molecule is [2H]c1c(C([2H])([2H])[2H])c([2H])c2c(c1[2H])c1ccc3cc1n2-c1cc(C([2H])([2H])[2H])c(cn1)-c1ccc(cc1)Oc1cccc(c1)-c1cc(C(C)(C)C)cc(-c2ccccc2)c1N1CN(c2cccc(c2)O3)c2ccccc21. The smallest absolute Gasteiger partial charge is 0.137 e. The van der Waals surface area contributed by atoms with Gasteiger partial charge in [0.15, 0.2) is 0 Å². The molecule has 6 nitrogen and oxygen atoms in total. The number of ether oxygens (including phenoxy) is 2. The van der Waals surface area contributed by atoms with Gasteiger partial charge in [0.05, 0.1) is 32.2 Å². The van der Waals surface area contributed by atoms with Crippen LogP contribution in [0.5, 0.6) is 23.0 Å². The van der Waals surface area contributed by atoms with Gasteiger partial charge in [0.2, 0.25) is 0 Å². The molecule has 0 N–H and O–H groups in total. The van der Waals surface area contributed by atoms with E-state index in [4.69, 9.17) is 24.1 Å². The summed E-state index contributed by atoms with van der Waals surface area (Å²) in [4.78, 5) is 9.46. The fraction of sp³-hybridized carbons (Fsp3) is 0.117. The first-order chi connectivity index (χ1) is 35.8. The maximum absolute atomic E-state index is 9.39. The molecule has 0 radical (unpaired) electrons. The van der Waals surface area contributed by atoms with Gasteiger partial charge < -0.3 is 19.3 Å². The van der Waals surface area contributed by atoms with E-state index in [-0.39, 0.29) is 33.7 Å². The van der Waals surface area contributed by atoms with Crippen molar-refractivity contribution in [2.45, 2.75) is 39.9 Å². The van der Waals surface area contributed by atoms with E-state index < -0.39 is 31.4 Å². The van der Waals surface area contributed by atoms with Gasteiger partial charge in [0.25, 0.3) is 0 Å². The van der Waals surface area contributed by atoms with Crippen molar-refractivity contribution in [2.75, 3.05) is 16.5 Å². The molecule has 2 aromatic heterocycles. The van der Waals surface area contributed by atoms with Crippen LogP contribution in [-0.4, -0.2) is 16.2 Å². The summed E-state index contributed by atoms with van der Waals surface area (Å²) in [6.45, 7) is 1.56. The molecule has 14 rings (SSSR count). The highest BCUT2D eigenvalue weighted by Gasteiger charge is 2.33. The largest absolute Gasteiger partial charge is 0.457 e. The standard InChI is InChI=1S/C60H48N4O2/c1-38-21-27-49-50-28-26-48-35-57(50)64(56(49)29-38)58-30-39(2)53(36-61-58)41-22-24-45(25-23-41)65-46-17-11-15-42(31-46)52-33-43(60(3,4)5)32-51(40-13-7-6-8-14-40)59(52)63-37-62(54-19-9-10-20-55(54)63)44-16-12-18-47(34-44)66-48/h6-36H,37H2,1-5H3/i1D3,2D3,21D,27D,29D.